The molecule has 0 aliphatic carbocycles. The van der Waals surface area contributed by atoms with Crippen LogP contribution in [0.5, 0.6) is 5.75 Å². The van der Waals surface area contributed by atoms with Gasteiger partial charge in [-0.05, 0) is 61.6 Å². The number of thioether (sulfide) groups is 1. The largest absolute Gasteiger partial charge is 0.484 e. The SMILES string of the molecule is CCCCC(NCC(CC(C)C)NC(=O)COc1ccc(Cl)cc1C)C(=O)CSCc1ccco1. The topological polar surface area (TPSA) is 80.6 Å². The highest BCUT2D eigenvalue weighted by Gasteiger charge is 2.21. The Balaban J connectivity index is 1.87. The van der Waals surface area contributed by atoms with Gasteiger partial charge in [-0.25, -0.2) is 0 Å². The van der Waals surface area contributed by atoms with Crippen molar-refractivity contribution in [3.05, 3.63) is 52.9 Å². The molecule has 0 saturated heterocycles. The fraction of sp³-hybridized carbons (Fsp3) is 0.556. The number of furan rings is 1. The summed E-state index contributed by atoms with van der Waals surface area (Å²) in [6.45, 7) is 8.73. The first-order valence-corrected chi connectivity index (χ1v) is 13.9. The highest BCUT2D eigenvalue weighted by molar-refractivity contribution is 7.99. The number of halogens is 1. The Kier molecular flexibility index (Phi) is 13.3. The molecular weight excluding hydrogens is 484 g/mol. The van der Waals surface area contributed by atoms with E-state index in [1.165, 1.54) is 0 Å². The Bertz CT molecular complexity index is 905. The molecule has 1 aromatic heterocycles. The quantitative estimate of drug-likeness (QED) is 0.273. The van der Waals surface area contributed by atoms with E-state index in [1.807, 2.05) is 19.1 Å². The molecule has 1 aromatic carbocycles. The molecule has 2 N–H and O–H groups in total. The zero-order valence-corrected chi connectivity index (χ0v) is 22.8. The van der Waals surface area contributed by atoms with Gasteiger partial charge in [-0.2, -0.15) is 0 Å². The molecule has 0 radical (unpaired) electrons. The normalized spacial score (nSPS) is 13.0. The van der Waals surface area contributed by atoms with Gasteiger partial charge in [0.15, 0.2) is 12.4 Å². The maximum atomic E-state index is 12.9. The van der Waals surface area contributed by atoms with Gasteiger partial charge >= 0.3 is 0 Å². The van der Waals surface area contributed by atoms with Crippen molar-refractivity contribution in [2.24, 2.45) is 5.92 Å². The lowest BCUT2D eigenvalue weighted by Gasteiger charge is -2.25. The average molecular weight is 523 g/mol. The molecule has 0 aliphatic rings. The first-order chi connectivity index (χ1) is 16.8. The molecule has 0 fully saturated rings. The van der Waals surface area contributed by atoms with E-state index in [-0.39, 0.29) is 30.4 Å². The predicted molar refractivity (Wildman–Crippen MR) is 144 cm³/mol. The van der Waals surface area contributed by atoms with Crippen LogP contribution in [0.3, 0.4) is 0 Å². The molecule has 2 unspecified atom stereocenters. The minimum absolute atomic E-state index is 0.0708. The van der Waals surface area contributed by atoms with Crippen LogP contribution in [0.25, 0.3) is 0 Å². The molecular formula is C27H39ClN2O4S. The molecule has 2 aromatic rings. The van der Waals surface area contributed by atoms with E-state index in [0.29, 0.717) is 34.7 Å². The monoisotopic (exact) mass is 522 g/mol. The minimum atomic E-state index is -0.224. The number of ketones is 1. The number of hydrogen-bond donors (Lipinski definition) is 2. The molecule has 8 heteroatoms. The Morgan fingerprint density at radius 3 is 2.69 bits per heavy atom. The van der Waals surface area contributed by atoms with Crippen molar-refractivity contribution in [1.82, 2.24) is 10.6 Å². The van der Waals surface area contributed by atoms with E-state index in [1.54, 1.807) is 36.2 Å². The van der Waals surface area contributed by atoms with Gasteiger partial charge in [0.1, 0.15) is 11.5 Å². The van der Waals surface area contributed by atoms with Crippen molar-refractivity contribution in [3.8, 4) is 5.75 Å². The van der Waals surface area contributed by atoms with Crippen LogP contribution < -0.4 is 15.4 Å². The van der Waals surface area contributed by atoms with E-state index >= 15 is 0 Å². The van der Waals surface area contributed by atoms with Crippen LogP contribution in [0, 0.1) is 12.8 Å². The fourth-order valence-electron chi connectivity index (χ4n) is 3.77. The summed E-state index contributed by atoms with van der Waals surface area (Å²) >= 11 is 7.56. The number of carbonyl (C=O) groups is 2. The number of rotatable bonds is 17. The van der Waals surface area contributed by atoms with Gasteiger partial charge < -0.3 is 19.8 Å². The van der Waals surface area contributed by atoms with Gasteiger partial charge in [-0.15, -0.1) is 11.8 Å². The molecule has 1 heterocycles. The summed E-state index contributed by atoms with van der Waals surface area (Å²) in [6.07, 6.45) is 5.24. The van der Waals surface area contributed by atoms with Gasteiger partial charge in [0.2, 0.25) is 0 Å². The molecule has 0 saturated carbocycles. The van der Waals surface area contributed by atoms with Crippen LogP contribution in [0.1, 0.15) is 57.8 Å². The maximum Gasteiger partial charge on any atom is 0.258 e. The first-order valence-electron chi connectivity index (χ1n) is 12.3. The van der Waals surface area contributed by atoms with Crippen LogP contribution in [0.2, 0.25) is 5.02 Å². The predicted octanol–water partition coefficient (Wildman–Crippen LogP) is 5.80. The van der Waals surface area contributed by atoms with E-state index in [9.17, 15) is 9.59 Å². The fourth-order valence-corrected chi connectivity index (χ4v) is 4.86. The van der Waals surface area contributed by atoms with E-state index in [2.05, 4.69) is 31.4 Å². The average Bonchev–Trinajstić information content (AvgIpc) is 3.31. The number of amides is 1. The summed E-state index contributed by atoms with van der Waals surface area (Å²) in [4.78, 5) is 25.5. The highest BCUT2D eigenvalue weighted by atomic mass is 35.5. The smallest absolute Gasteiger partial charge is 0.258 e. The maximum absolute atomic E-state index is 12.9. The third kappa shape index (κ3) is 11.5. The van der Waals surface area contributed by atoms with E-state index in [4.69, 9.17) is 20.8 Å². The number of nitrogens with one attached hydrogen (secondary N) is 2. The van der Waals surface area contributed by atoms with Gasteiger partial charge in [0, 0.05) is 17.6 Å². The van der Waals surface area contributed by atoms with Crippen molar-refractivity contribution in [3.63, 3.8) is 0 Å². The number of aryl methyl sites for hydroxylation is 1. The van der Waals surface area contributed by atoms with Gasteiger partial charge in [0.05, 0.1) is 23.8 Å². The van der Waals surface area contributed by atoms with Gasteiger partial charge in [0.25, 0.3) is 5.91 Å². The molecule has 2 rings (SSSR count). The molecule has 2 atom stereocenters. The molecule has 0 aliphatic heterocycles. The summed E-state index contributed by atoms with van der Waals surface area (Å²) in [7, 11) is 0. The Morgan fingerprint density at radius 1 is 1.23 bits per heavy atom. The number of ether oxygens (including phenoxy) is 1. The second kappa shape index (κ2) is 15.9. The van der Waals surface area contributed by atoms with Crippen LogP contribution in [-0.2, 0) is 15.3 Å². The molecule has 0 spiro atoms. The van der Waals surface area contributed by atoms with Crippen molar-refractivity contribution < 1.29 is 18.7 Å². The zero-order chi connectivity index (χ0) is 25.6. The van der Waals surface area contributed by atoms with E-state index in [0.717, 1.165) is 37.0 Å². The lowest BCUT2D eigenvalue weighted by Crippen LogP contribution is -2.49. The molecule has 0 bridgehead atoms. The summed E-state index contributed by atoms with van der Waals surface area (Å²) in [5, 5.41) is 7.15. The van der Waals surface area contributed by atoms with Crippen molar-refractivity contribution in [2.75, 3.05) is 18.9 Å². The number of Topliss-reactive ketones (excluding diaryl/α,β-unsaturated/α-hetero) is 1. The van der Waals surface area contributed by atoms with Crippen molar-refractivity contribution in [1.29, 1.82) is 0 Å². The minimum Gasteiger partial charge on any atom is -0.484 e. The third-order valence-corrected chi connectivity index (χ3v) is 6.74. The number of unbranched alkanes of at least 4 members (excludes halogenated alkanes) is 1. The summed E-state index contributed by atoms with van der Waals surface area (Å²) in [6, 6.07) is 8.78. The van der Waals surface area contributed by atoms with E-state index < -0.39 is 0 Å². The van der Waals surface area contributed by atoms with Crippen LogP contribution >= 0.6 is 23.4 Å². The second-order valence-electron chi connectivity index (χ2n) is 9.23. The lowest BCUT2D eigenvalue weighted by molar-refractivity contribution is -0.123. The van der Waals surface area contributed by atoms with Crippen molar-refractivity contribution in [2.45, 2.75) is 71.2 Å². The van der Waals surface area contributed by atoms with Crippen LogP contribution in [-0.4, -0.2) is 42.7 Å². The Hall–Kier alpha value is -1.96. The standard InChI is InChI=1S/C27H39ClN2O4S/c1-5-6-9-24(25(31)18-35-17-23-8-7-12-33-23)29-15-22(13-19(2)3)30-27(32)16-34-26-11-10-21(28)14-20(26)4/h7-8,10-12,14,19,22,24,29H,5-6,9,13,15-18H2,1-4H3,(H,30,32). The molecule has 194 valence electrons. The Labute approximate surface area is 218 Å². The third-order valence-electron chi connectivity index (χ3n) is 5.53. The zero-order valence-electron chi connectivity index (χ0n) is 21.3. The van der Waals surface area contributed by atoms with Crippen LogP contribution in [0.4, 0.5) is 0 Å². The highest BCUT2D eigenvalue weighted by Crippen LogP contribution is 2.21. The Morgan fingerprint density at radius 2 is 2.03 bits per heavy atom. The second-order valence-corrected chi connectivity index (χ2v) is 10.7. The van der Waals surface area contributed by atoms with Gasteiger partial charge in [-0.3, -0.25) is 9.59 Å². The molecule has 35 heavy (non-hydrogen) atoms. The lowest BCUT2D eigenvalue weighted by atomic mass is 10.0. The number of hydrogen-bond acceptors (Lipinski definition) is 6. The van der Waals surface area contributed by atoms with Crippen LogP contribution in [0.15, 0.2) is 41.0 Å². The van der Waals surface area contributed by atoms with Crippen molar-refractivity contribution >= 4 is 35.1 Å². The summed E-state index contributed by atoms with van der Waals surface area (Å²) < 4.78 is 11.0. The summed E-state index contributed by atoms with van der Waals surface area (Å²) in [5.74, 6) is 3.02. The first kappa shape index (κ1) is 29.3. The molecule has 6 nitrogen and oxygen atoms in total. The number of benzene rings is 1. The molecule has 1 amide bonds. The number of carbonyl (C=O) groups excluding carboxylic acids is 2. The van der Waals surface area contributed by atoms with Gasteiger partial charge in [-0.1, -0.05) is 45.2 Å². The summed E-state index contributed by atoms with van der Waals surface area (Å²) in [5.41, 5.74) is 0.882.